The Balaban J connectivity index is 1.67. The lowest BCUT2D eigenvalue weighted by molar-refractivity contribution is -0.120. The van der Waals surface area contributed by atoms with E-state index in [1.54, 1.807) is 31.5 Å². The van der Waals surface area contributed by atoms with Gasteiger partial charge in [0.1, 0.15) is 5.82 Å². The van der Waals surface area contributed by atoms with Crippen molar-refractivity contribution >= 4 is 5.91 Å². The average molecular weight is 338 g/mol. The number of carbonyl (C=O) groups is 1. The highest BCUT2D eigenvalue weighted by atomic mass is 16.2. The van der Waals surface area contributed by atoms with Crippen molar-refractivity contribution in [3.05, 3.63) is 58.3 Å². The fourth-order valence-electron chi connectivity index (χ4n) is 2.99. The van der Waals surface area contributed by atoms with Crippen molar-refractivity contribution in [2.24, 2.45) is 5.92 Å². The number of hydrogen-bond acceptors (Lipinski definition) is 4. The number of amides is 1. The van der Waals surface area contributed by atoms with Crippen LogP contribution in [0.4, 0.5) is 0 Å². The molecule has 0 aliphatic heterocycles. The number of allylic oxidation sites excluding steroid dienone is 2. The highest BCUT2D eigenvalue weighted by molar-refractivity contribution is 5.78. The number of H-pyrrole nitrogens is 1. The minimum absolute atomic E-state index is 0.0490. The molecule has 25 heavy (non-hydrogen) atoms. The molecule has 2 heterocycles. The van der Waals surface area contributed by atoms with Crippen LogP contribution in [0.5, 0.6) is 0 Å². The third kappa shape index (κ3) is 4.41. The molecule has 0 unspecified atom stereocenters. The average Bonchev–Trinajstić information content (AvgIpc) is 2.64. The predicted octanol–water partition coefficient (Wildman–Crippen LogP) is 2.16. The first-order chi connectivity index (χ1) is 12.1. The van der Waals surface area contributed by atoms with Crippen molar-refractivity contribution in [1.82, 2.24) is 20.3 Å². The lowest BCUT2D eigenvalue weighted by atomic mass is 9.94. The maximum Gasteiger partial charge on any atom is 0.255 e. The van der Waals surface area contributed by atoms with E-state index in [2.05, 4.69) is 32.4 Å². The molecule has 0 bridgehead atoms. The van der Waals surface area contributed by atoms with Crippen LogP contribution in [0, 0.1) is 12.8 Å². The van der Waals surface area contributed by atoms with Crippen LogP contribution in [0.3, 0.4) is 0 Å². The monoisotopic (exact) mass is 338 g/mol. The summed E-state index contributed by atoms with van der Waals surface area (Å²) in [5.41, 5.74) is 1.51. The number of aryl methyl sites for hydroxylation is 1. The Morgan fingerprint density at radius 1 is 1.32 bits per heavy atom. The molecule has 0 saturated heterocycles. The zero-order chi connectivity index (χ0) is 17.6. The second-order valence-corrected chi connectivity index (χ2v) is 6.35. The van der Waals surface area contributed by atoms with Crippen molar-refractivity contribution in [3.63, 3.8) is 0 Å². The van der Waals surface area contributed by atoms with Gasteiger partial charge in [0.15, 0.2) is 0 Å². The molecule has 0 saturated carbocycles. The topological polar surface area (TPSA) is 87.7 Å². The van der Waals surface area contributed by atoms with Gasteiger partial charge in [0.05, 0.1) is 6.42 Å². The summed E-state index contributed by atoms with van der Waals surface area (Å²) in [4.78, 5) is 35.7. The van der Waals surface area contributed by atoms with Crippen LogP contribution < -0.4 is 10.9 Å². The number of pyridine rings is 1. The second-order valence-electron chi connectivity index (χ2n) is 6.35. The Labute approximate surface area is 146 Å². The molecule has 0 radical (unpaired) electrons. The van der Waals surface area contributed by atoms with Gasteiger partial charge < -0.3 is 10.3 Å². The lowest BCUT2D eigenvalue weighted by Gasteiger charge is -2.18. The summed E-state index contributed by atoms with van der Waals surface area (Å²) in [6.45, 7) is 2.41. The standard InChI is InChI=1S/C19H22N4O2/c1-13-16(11-17(24)21-12-14-5-3-2-4-6-14)19(25)23-18(22-13)15-7-9-20-10-8-15/h2-3,7-10,14H,4-6,11-12H2,1H3,(H,21,24)(H,22,23,25)/t14-/m1/s1. The fraction of sp³-hybridized carbons (Fsp3) is 0.368. The van der Waals surface area contributed by atoms with E-state index in [4.69, 9.17) is 0 Å². The van der Waals surface area contributed by atoms with E-state index >= 15 is 0 Å². The molecule has 6 heteroatoms. The molecule has 2 aromatic rings. The van der Waals surface area contributed by atoms with Crippen molar-refractivity contribution in [2.75, 3.05) is 6.54 Å². The summed E-state index contributed by atoms with van der Waals surface area (Å²) in [5, 5.41) is 2.94. The number of aromatic nitrogens is 3. The third-order valence-corrected chi connectivity index (χ3v) is 4.48. The van der Waals surface area contributed by atoms with E-state index in [-0.39, 0.29) is 17.9 Å². The maximum absolute atomic E-state index is 12.4. The molecular formula is C19H22N4O2. The second kappa shape index (κ2) is 7.88. The molecule has 6 nitrogen and oxygen atoms in total. The van der Waals surface area contributed by atoms with E-state index in [9.17, 15) is 9.59 Å². The number of nitrogens with zero attached hydrogens (tertiary/aromatic N) is 2. The molecule has 130 valence electrons. The van der Waals surface area contributed by atoms with Gasteiger partial charge in [-0.3, -0.25) is 14.6 Å². The summed E-state index contributed by atoms with van der Waals surface area (Å²) >= 11 is 0. The van der Waals surface area contributed by atoms with Gasteiger partial charge in [0, 0.05) is 35.8 Å². The molecule has 1 amide bonds. The largest absolute Gasteiger partial charge is 0.356 e. The van der Waals surface area contributed by atoms with Crippen LogP contribution in [0.25, 0.3) is 11.4 Å². The molecule has 2 aromatic heterocycles. The third-order valence-electron chi connectivity index (χ3n) is 4.48. The SMILES string of the molecule is Cc1nc(-c2ccncc2)[nH]c(=O)c1CC(=O)NC[C@@H]1CC=CCC1. The van der Waals surface area contributed by atoms with Crippen LogP contribution in [-0.2, 0) is 11.2 Å². The Morgan fingerprint density at radius 2 is 2.12 bits per heavy atom. The molecule has 1 aliphatic rings. The number of nitrogens with one attached hydrogen (secondary N) is 2. The Kier molecular flexibility index (Phi) is 5.38. The zero-order valence-electron chi connectivity index (χ0n) is 14.3. The Morgan fingerprint density at radius 3 is 2.80 bits per heavy atom. The van der Waals surface area contributed by atoms with Crippen molar-refractivity contribution < 1.29 is 4.79 Å². The Bertz CT molecular complexity index is 827. The smallest absolute Gasteiger partial charge is 0.255 e. The Hall–Kier alpha value is -2.76. The quantitative estimate of drug-likeness (QED) is 0.818. The van der Waals surface area contributed by atoms with Gasteiger partial charge in [-0.1, -0.05) is 12.2 Å². The molecule has 3 rings (SSSR count). The lowest BCUT2D eigenvalue weighted by Crippen LogP contribution is -2.33. The van der Waals surface area contributed by atoms with Crippen LogP contribution in [0.2, 0.25) is 0 Å². The fourth-order valence-corrected chi connectivity index (χ4v) is 2.99. The van der Waals surface area contributed by atoms with Gasteiger partial charge in [0.25, 0.3) is 5.56 Å². The van der Waals surface area contributed by atoms with Crippen LogP contribution in [-0.4, -0.2) is 27.4 Å². The van der Waals surface area contributed by atoms with Gasteiger partial charge in [-0.25, -0.2) is 4.98 Å². The van der Waals surface area contributed by atoms with E-state index in [1.165, 1.54) is 0 Å². The first-order valence-electron chi connectivity index (χ1n) is 8.55. The van der Waals surface area contributed by atoms with Crippen LogP contribution >= 0.6 is 0 Å². The summed E-state index contributed by atoms with van der Waals surface area (Å²) < 4.78 is 0. The van der Waals surface area contributed by atoms with Gasteiger partial charge >= 0.3 is 0 Å². The van der Waals surface area contributed by atoms with Gasteiger partial charge in [-0.05, 0) is 44.2 Å². The number of carbonyl (C=O) groups excluding carboxylic acids is 1. The van der Waals surface area contributed by atoms with Crippen molar-refractivity contribution in [3.8, 4) is 11.4 Å². The molecule has 1 aliphatic carbocycles. The van der Waals surface area contributed by atoms with E-state index in [1.807, 2.05) is 0 Å². The van der Waals surface area contributed by atoms with Gasteiger partial charge in [-0.2, -0.15) is 0 Å². The summed E-state index contributed by atoms with van der Waals surface area (Å²) in [7, 11) is 0. The van der Waals surface area contributed by atoms with Crippen molar-refractivity contribution in [1.29, 1.82) is 0 Å². The normalized spacial score (nSPS) is 16.6. The number of hydrogen-bond donors (Lipinski definition) is 2. The molecule has 0 spiro atoms. The highest BCUT2D eigenvalue weighted by Crippen LogP contribution is 2.17. The summed E-state index contributed by atoms with van der Waals surface area (Å²) in [5.74, 6) is 0.838. The first-order valence-corrected chi connectivity index (χ1v) is 8.55. The number of aromatic amines is 1. The maximum atomic E-state index is 12.4. The van der Waals surface area contributed by atoms with Crippen LogP contribution in [0.15, 0.2) is 41.5 Å². The predicted molar refractivity (Wildman–Crippen MR) is 96.0 cm³/mol. The molecule has 0 aromatic carbocycles. The zero-order valence-corrected chi connectivity index (χ0v) is 14.3. The molecule has 1 atom stereocenters. The molecule has 0 fully saturated rings. The van der Waals surface area contributed by atoms with Gasteiger partial charge in [0.2, 0.25) is 5.91 Å². The van der Waals surface area contributed by atoms with E-state index in [0.717, 1.165) is 24.8 Å². The van der Waals surface area contributed by atoms with E-state index in [0.29, 0.717) is 29.5 Å². The van der Waals surface area contributed by atoms with Crippen LogP contribution in [0.1, 0.15) is 30.5 Å². The van der Waals surface area contributed by atoms with E-state index < -0.39 is 0 Å². The molecule has 2 N–H and O–H groups in total. The number of rotatable bonds is 5. The minimum Gasteiger partial charge on any atom is -0.356 e. The van der Waals surface area contributed by atoms with Gasteiger partial charge in [-0.15, -0.1) is 0 Å². The van der Waals surface area contributed by atoms with Crippen molar-refractivity contribution in [2.45, 2.75) is 32.6 Å². The summed E-state index contributed by atoms with van der Waals surface area (Å²) in [6, 6.07) is 3.56. The first kappa shape index (κ1) is 17.1. The highest BCUT2D eigenvalue weighted by Gasteiger charge is 2.15. The molecular weight excluding hydrogens is 316 g/mol. The summed E-state index contributed by atoms with van der Waals surface area (Å²) in [6.07, 6.45) is 10.8. The minimum atomic E-state index is -0.268.